The van der Waals surface area contributed by atoms with Crippen LogP contribution in [0.1, 0.15) is 12.8 Å². The largest absolute Gasteiger partial charge is 0.301 e. The van der Waals surface area contributed by atoms with E-state index < -0.39 is 15.6 Å². The second-order valence-electron chi connectivity index (χ2n) is 4.97. The summed E-state index contributed by atoms with van der Waals surface area (Å²) in [5.41, 5.74) is -0.896. The van der Waals surface area contributed by atoms with Crippen molar-refractivity contribution in [2.24, 2.45) is 0 Å². The van der Waals surface area contributed by atoms with Crippen molar-refractivity contribution in [1.82, 2.24) is 4.72 Å². The van der Waals surface area contributed by atoms with Crippen LogP contribution >= 0.6 is 15.9 Å². The first kappa shape index (κ1) is 13.7. The number of benzene rings is 2. The lowest BCUT2D eigenvalue weighted by Gasteiger charge is -2.13. The number of halogens is 1. The third-order valence-corrected chi connectivity index (χ3v) is 5.77. The van der Waals surface area contributed by atoms with E-state index >= 15 is 0 Å². The van der Waals surface area contributed by atoms with E-state index in [0.29, 0.717) is 24.5 Å². The predicted molar refractivity (Wildman–Crippen MR) is 80.0 cm³/mol. The van der Waals surface area contributed by atoms with Gasteiger partial charge in [-0.25, -0.2) is 8.42 Å². The van der Waals surface area contributed by atoms with Gasteiger partial charge in [0.2, 0.25) is 10.0 Å². The zero-order valence-electron chi connectivity index (χ0n) is 10.5. The molecule has 0 aliphatic heterocycles. The van der Waals surface area contributed by atoms with Crippen molar-refractivity contribution in [1.29, 1.82) is 0 Å². The number of sulfonamides is 1. The third-order valence-electron chi connectivity index (χ3n) is 3.47. The van der Waals surface area contributed by atoms with E-state index in [1.807, 2.05) is 12.1 Å². The monoisotopic (exact) mass is 353 g/mol. The van der Waals surface area contributed by atoms with Crippen molar-refractivity contribution in [2.75, 3.05) is 0 Å². The van der Waals surface area contributed by atoms with E-state index in [2.05, 4.69) is 20.7 Å². The van der Waals surface area contributed by atoms with Crippen molar-refractivity contribution < 1.29 is 13.2 Å². The van der Waals surface area contributed by atoms with Gasteiger partial charge in [-0.1, -0.05) is 40.2 Å². The van der Waals surface area contributed by atoms with E-state index in [-0.39, 0.29) is 4.90 Å². The highest BCUT2D eigenvalue weighted by molar-refractivity contribution is 9.10. The van der Waals surface area contributed by atoms with Crippen molar-refractivity contribution in [3.63, 3.8) is 0 Å². The molecule has 0 atom stereocenters. The number of aldehydes is 1. The van der Waals surface area contributed by atoms with Crippen LogP contribution in [0.25, 0.3) is 10.8 Å². The lowest BCUT2D eigenvalue weighted by atomic mass is 10.1. The average Bonchev–Trinajstić information content (AvgIpc) is 3.19. The number of fused-ring (bicyclic) bond motifs is 1. The smallest absolute Gasteiger partial charge is 0.242 e. The maximum atomic E-state index is 12.5. The number of rotatable bonds is 4. The minimum absolute atomic E-state index is 0.199. The van der Waals surface area contributed by atoms with E-state index in [1.165, 1.54) is 0 Å². The van der Waals surface area contributed by atoms with Crippen LogP contribution < -0.4 is 4.72 Å². The summed E-state index contributed by atoms with van der Waals surface area (Å²) in [7, 11) is -3.71. The second kappa shape index (κ2) is 4.65. The molecule has 4 nitrogen and oxygen atoms in total. The van der Waals surface area contributed by atoms with Crippen LogP contribution in [0, 0.1) is 0 Å². The Morgan fingerprint density at radius 3 is 2.35 bits per heavy atom. The van der Waals surface area contributed by atoms with Crippen molar-refractivity contribution in [3.05, 3.63) is 40.9 Å². The molecular weight excluding hydrogens is 342 g/mol. The summed E-state index contributed by atoms with van der Waals surface area (Å²) < 4.78 is 28.3. The lowest BCUT2D eigenvalue weighted by Crippen LogP contribution is -2.38. The molecule has 2 aromatic rings. The quantitative estimate of drug-likeness (QED) is 0.859. The third kappa shape index (κ3) is 2.28. The molecule has 1 fully saturated rings. The molecule has 0 aromatic heterocycles. The molecule has 0 heterocycles. The number of carbonyl (C=O) groups is 1. The zero-order chi connectivity index (χ0) is 14.4. The number of hydrogen-bond acceptors (Lipinski definition) is 3. The Kier molecular flexibility index (Phi) is 3.19. The Morgan fingerprint density at radius 1 is 1.10 bits per heavy atom. The topological polar surface area (TPSA) is 63.2 Å². The molecule has 20 heavy (non-hydrogen) atoms. The summed E-state index contributed by atoms with van der Waals surface area (Å²) in [4.78, 5) is 11.2. The molecular formula is C14H12BrNO3S. The summed E-state index contributed by atoms with van der Waals surface area (Å²) >= 11 is 3.41. The fraction of sp³-hybridized carbons (Fsp3) is 0.214. The Hall–Kier alpha value is -1.24. The van der Waals surface area contributed by atoms with Gasteiger partial charge in [0, 0.05) is 9.86 Å². The van der Waals surface area contributed by atoms with Gasteiger partial charge in [-0.3, -0.25) is 0 Å². The van der Waals surface area contributed by atoms with Gasteiger partial charge in [-0.2, -0.15) is 4.72 Å². The van der Waals surface area contributed by atoms with Gasteiger partial charge in [0.15, 0.2) is 0 Å². The van der Waals surface area contributed by atoms with Gasteiger partial charge in [0.25, 0.3) is 0 Å². The molecule has 0 unspecified atom stereocenters. The Bertz CT molecular complexity index is 797. The van der Waals surface area contributed by atoms with Gasteiger partial charge >= 0.3 is 0 Å². The first-order valence-electron chi connectivity index (χ1n) is 6.15. The molecule has 0 bridgehead atoms. The maximum Gasteiger partial charge on any atom is 0.242 e. The molecule has 0 radical (unpaired) electrons. The summed E-state index contributed by atoms with van der Waals surface area (Å²) in [5, 5.41) is 1.46. The van der Waals surface area contributed by atoms with E-state index in [4.69, 9.17) is 0 Å². The zero-order valence-corrected chi connectivity index (χ0v) is 12.9. The summed E-state index contributed by atoms with van der Waals surface area (Å²) in [6.45, 7) is 0. The first-order chi connectivity index (χ1) is 9.47. The number of carbonyl (C=O) groups excluding carboxylic acids is 1. The van der Waals surface area contributed by atoms with Crippen LogP contribution in [0.2, 0.25) is 0 Å². The van der Waals surface area contributed by atoms with Crippen molar-refractivity contribution in [3.8, 4) is 0 Å². The van der Waals surface area contributed by atoms with E-state index in [9.17, 15) is 13.2 Å². The highest BCUT2D eigenvalue weighted by Crippen LogP contribution is 2.36. The molecule has 104 valence electrons. The fourth-order valence-electron chi connectivity index (χ4n) is 2.17. The molecule has 0 spiro atoms. The van der Waals surface area contributed by atoms with Crippen LogP contribution in [0.15, 0.2) is 45.8 Å². The van der Waals surface area contributed by atoms with Gasteiger partial charge in [-0.15, -0.1) is 0 Å². The van der Waals surface area contributed by atoms with Crippen LogP contribution in [-0.4, -0.2) is 20.2 Å². The van der Waals surface area contributed by atoms with Crippen molar-refractivity contribution >= 4 is 43.0 Å². The molecule has 0 saturated heterocycles. The van der Waals surface area contributed by atoms with Gasteiger partial charge in [0.1, 0.15) is 6.29 Å². The SMILES string of the molecule is O=CC1(NS(=O)(=O)c2ccc(Br)c3ccccc23)CC1. The first-order valence-corrected chi connectivity index (χ1v) is 8.43. The minimum Gasteiger partial charge on any atom is -0.301 e. The molecule has 3 rings (SSSR count). The number of nitrogens with one attached hydrogen (secondary N) is 1. The predicted octanol–water partition coefficient (Wildman–Crippen LogP) is 2.61. The Balaban J connectivity index is 2.15. The minimum atomic E-state index is -3.71. The number of hydrogen-bond donors (Lipinski definition) is 1. The molecule has 1 saturated carbocycles. The Morgan fingerprint density at radius 2 is 1.75 bits per heavy atom. The van der Waals surface area contributed by atoms with Crippen LogP contribution in [0.4, 0.5) is 0 Å². The molecule has 1 N–H and O–H groups in total. The maximum absolute atomic E-state index is 12.5. The van der Waals surface area contributed by atoms with E-state index in [0.717, 1.165) is 9.86 Å². The highest BCUT2D eigenvalue weighted by Gasteiger charge is 2.46. The van der Waals surface area contributed by atoms with Gasteiger partial charge in [-0.05, 0) is 30.4 Å². The fourth-order valence-corrected chi connectivity index (χ4v) is 4.26. The van der Waals surface area contributed by atoms with E-state index in [1.54, 1.807) is 24.3 Å². The molecule has 1 aliphatic carbocycles. The van der Waals surface area contributed by atoms with Crippen molar-refractivity contribution in [2.45, 2.75) is 23.3 Å². The van der Waals surface area contributed by atoms with Crippen LogP contribution in [0.5, 0.6) is 0 Å². The standard InChI is InChI=1S/C14H12BrNO3S/c15-12-5-6-13(11-4-2-1-3-10(11)12)20(18,19)16-14(9-17)7-8-14/h1-6,9,16H,7-8H2. The molecule has 0 amide bonds. The summed E-state index contributed by atoms with van der Waals surface area (Å²) in [6.07, 6.45) is 1.81. The Labute approximate surface area is 125 Å². The molecule has 2 aromatic carbocycles. The average molecular weight is 354 g/mol. The molecule has 1 aliphatic rings. The summed E-state index contributed by atoms with van der Waals surface area (Å²) in [5.74, 6) is 0. The molecule has 6 heteroatoms. The van der Waals surface area contributed by atoms with Gasteiger partial charge in [0.05, 0.1) is 10.4 Å². The highest BCUT2D eigenvalue weighted by atomic mass is 79.9. The normalized spacial score (nSPS) is 17.1. The van der Waals surface area contributed by atoms with Crippen LogP contribution in [0.3, 0.4) is 0 Å². The van der Waals surface area contributed by atoms with Gasteiger partial charge < -0.3 is 4.79 Å². The van der Waals surface area contributed by atoms with Crippen LogP contribution in [-0.2, 0) is 14.8 Å². The summed E-state index contributed by atoms with van der Waals surface area (Å²) in [6, 6.07) is 10.5. The lowest BCUT2D eigenvalue weighted by molar-refractivity contribution is -0.110. The second-order valence-corrected chi connectivity index (χ2v) is 7.48.